The molecule has 20 heavy (non-hydrogen) atoms. The van der Waals surface area contributed by atoms with Gasteiger partial charge in [-0.15, -0.1) is 0 Å². The molecule has 1 aliphatic rings. The molecule has 0 heterocycles. The molecule has 4 nitrogen and oxygen atoms in total. The Hall–Kier alpha value is -0.970. The number of amides is 1. The molecule has 0 unspecified atom stereocenters. The van der Waals surface area contributed by atoms with Crippen LogP contribution in [0.1, 0.15) is 29.6 Å². The molecule has 1 aromatic rings. The molecule has 0 radical (unpaired) electrons. The smallest absolute Gasteiger partial charge is 0.252 e. The van der Waals surface area contributed by atoms with Gasteiger partial charge in [0.25, 0.3) is 5.91 Å². The van der Waals surface area contributed by atoms with E-state index >= 15 is 0 Å². The van der Waals surface area contributed by atoms with Crippen LogP contribution in [0.15, 0.2) is 12.1 Å². The molecule has 1 aliphatic carbocycles. The molecule has 2 rings (SSSR count). The third-order valence-corrected chi connectivity index (χ3v) is 4.51. The van der Waals surface area contributed by atoms with E-state index in [4.69, 9.17) is 33.7 Å². The summed E-state index contributed by atoms with van der Waals surface area (Å²) >= 11 is 12.0. The number of carbonyl (C=O) groups is 1. The van der Waals surface area contributed by atoms with Gasteiger partial charge in [-0.1, -0.05) is 23.2 Å². The molecular weight excluding hydrogens is 299 g/mol. The maximum Gasteiger partial charge on any atom is 0.252 e. The molecule has 6 heteroatoms. The molecular formula is C14H18Cl2N2O2. The van der Waals surface area contributed by atoms with Crippen LogP contribution >= 0.6 is 23.2 Å². The van der Waals surface area contributed by atoms with Crippen LogP contribution in [0.2, 0.25) is 10.0 Å². The van der Waals surface area contributed by atoms with E-state index in [2.05, 4.69) is 5.32 Å². The molecule has 110 valence electrons. The van der Waals surface area contributed by atoms with Gasteiger partial charge in [0, 0.05) is 25.9 Å². The number of nitrogens with one attached hydrogen (secondary N) is 1. The first-order valence-electron chi connectivity index (χ1n) is 6.49. The highest BCUT2D eigenvalue weighted by molar-refractivity contribution is 6.44. The highest BCUT2D eigenvalue weighted by atomic mass is 35.5. The van der Waals surface area contributed by atoms with Crippen LogP contribution in [-0.4, -0.2) is 26.2 Å². The maximum atomic E-state index is 12.2. The first kappa shape index (κ1) is 15.4. The summed E-state index contributed by atoms with van der Waals surface area (Å²) < 4.78 is 5.09. The molecule has 1 amide bonds. The van der Waals surface area contributed by atoms with Crippen LogP contribution in [-0.2, 0) is 4.74 Å². The number of anilines is 1. The van der Waals surface area contributed by atoms with Gasteiger partial charge in [0.05, 0.1) is 15.6 Å². The van der Waals surface area contributed by atoms with Gasteiger partial charge in [-0.3, -0.25) is 4.79 Å². The van der Waals surface area contributed by atoms with Crippen molar-refractivity contribution in [3.05, 3.63) is 27.7 Å². The number of benzene rings is 1. The van der Waals surface area contributed by atoms with Crippen molar-refractivity contribution in [3.8, 4) is 0 Å². The van der Waals surface area contributed by atoms with E-state index < -0.39 is 0 Å². The lowest BCUT2D eigenvalue weighted by atomic mass is 10.0. The lowest BCUT2D eigenvalue weighted by Crippen LogP contribution is -2.31. The standard InChI is InChI=1S/C14H18Cl2N2O2/c1-20-5-4-14(2-3-14)8-18-13(19)10-6-9(17)7-11(15)12(10)16/h6-7H,2-5,8,17H2,1H3,(H,18,19). The zero-order chi connectivity index (χ0) is 14.8. The van der Waals surface area contributed by atoms with Gasteiger partial charge in [-0.25, -0.2) is 0 Å². The molecule has 0 spiro atoms. The molecule has 1 fully saturated rings. The molecule has 0 bridgehead atoms. The maximum absolute atomic E-state index is 12.2. The second kappa shape index (κ2) is 6.20. The molecule has 0 atom stereocenters. The number of nitrogens with two attached hydrogens (primary N) is 1. The van der Waals surface area contributed by atoms with Gasteiger partial charge in [0.1, 0.15) is 0 Å². The normalized spacial score (nSPS) is 15.9. The molecule has 0 saturated heterocycles. The van der Waals surface area contributed by atoms with Crippen molar-refractivity contribution >= 4 is 34.8 Å². The minimum Gasteiger partial charge on any atom is -0.399 e. The van der Waals surface area contributed by atoms with Crippen molar-refractivity contribution in [1.82, 2.24) is 5.32 Å². The Balaban J connectivity index is 1.99. The first-order chi connectivity index (χ1) is 9.47. The molecule has 3 N–H and O–H groups in total. The lowest BCUT2D eigenvalue weighted by molar-refractivity contribution is 0.0938. The summed E-state index contributed by atoms with van der Waals surface area (Å²) in [5.74, 6) is -0.243. The Kier molecular flexibility index (Phi) is 4.78. The Morgan fingerprint density at radius 3 is 2.75 bits per heavy atom. The fraction of sp³-hybridized carbons (Fsp3) is 0.500. The van der Waals surface area contributed by atoms with Gasteiger partial charge < -0.3 is 15.8 Å². The van der Waals surface area contributed by atoms with Crippen molar-refractivity contribution in [1.29, 1.82) is 0 Å². The van der Waals surface area contributed by atoms with E-state index in [1.165, 1.54) is 12.1 Å². The number of nitrogen functional groups attached to an aromatic ring is 1. The van der Waals surface area contributed by atoms with Crippen molar-refractivity contribution in [2.24, 2.45) is 5.41 Å². The summed E-state index contributed by atoms with van der Waals surface area (Å²) in [6.45, 7) is 1.33. The van der Waals surface area contributed by atoms with Crippen LogP contribution < -0.4 is 11.1 Å². The van der Waals surface area contributed by atoms with Gasteiger partial charge in [0.15, 0.2) is 0 Å². The number of halogens is 2. The average Bonchev–Trinajstić information content (AvgIpc) is 3.18. The van der Waals surface area contributed by atoms with Crippen LogP contribution in [0.4, 0.5) is 5.69 Å². The number of rotatable bonds is 6. The minimum absolute atomic E-state index is 0.183. The zero-order valence-corrected chi connectivity index (χ0v) is 12.9. The summed E-state index contributed by atoms with van der Waals surface area (Å²) in [6, 6.07) is 3.07. The second-order valence-corrected chi connectivity index (χ2v) is 6.07. The van der Waals surface area contributed by atoms with Crippen molar-refractivity contribution in [2.45, 2.75) is 19.3 Å². The molecule has 1 saturated carbocycles. The van der Waals surface area contributed by atoms with Crippen molar-refractivity contribution < 1.29 is 9.53 Å². The van der Waals surface area contributed by atoms with Gasteiger partial charge in [-0.05, 0) is 36.8 Å². The molecule has 0 aromatic heterocycles. The average molecular weight is 317 g/mol. The monoisotopic (exact) mass is 316 g/mol. The number of hydrogen-bond donors (Lipinski definition) is 2. The summed E-state index contributed by atoms with van der Waals surface area (Å²) in [4.78, 5) is 12.2. The van der Waals surface area contributed by atoms with Crippen molar-refractivity contribution in [2.75, 3.05) is 26.0 Å². The zero-order valence-electron chi connectivity index (χ0n) is 11.3. The summed E-state index contributed by atoms with van der Waals surface area (Å²) in [7, 11) is 1.68. The topological polar surface area (TPSA) is 64.3 Å². The lowest BCUT2D eigenvalue weighted by Gasteiger charge is -2.16. The van der Waals surface area contributed by atoms with E-state index in [-0.39, 0.29) is 21.4 Å². The van der Waals surface area contributed by atoms with E-state index in [1.807, 2.05) is 0 Å². The Bertz CT molecular complexity index is 516. The molecule has 0 aliphatic heterocycles. The predicted octanol–water partition coefficient (Wildman–Crippen LogP) is 3.12. The first-order valence-corrected chi connectivity index (χ1v) is 7.25. The Morgan fingerprint density at radius 1 is 1.45 bits per heavy atom. The summed E-state index contributed by atoms with van der Waals surface area (Å²) in [5, 5.41) is 3.44. The number of hydrogen-bond acceptors (Lipinski definition) is 3. The largest absolute Gasteiger partial charge is 0.399 e. The number of carbonyl (C=O) groups excluding carboxylic acids is 1. The predicted molar refractivity (Wildman–Crippen MR) is 81.4 cm³/mol. The highest BCUT2D eigenvalue weighted by Crippen LogP contribution is 2.48. The van der Waals surface area contributed by atoms with Crippen LogP contribution in [0.3, 0.4) is 0 Å². The van der Waals surface area contributed by atoms with E-state index in [1.54, 1.807) is 7.11 Å². The summed E-state index contributed by atoms with van der Waals surface area (Å²) in [6.07, 6.45) is 3.18. The van der Waals surface area contributed by atoms with E-state index in [0.717, 1.165) is 19.3 Å². The minimum atomic E-state index is -0.243. The molecule has 1 aromatic carbocycles. The highest BCUT2D eigenvalue weighted by Gasteiger charge is 2.42. The Labute approximate surface area is 128 Å². The Morgan fingerprint density at radius 2 is 2.15 bits per heavy atom. The SMILES string of the molecule is COCCC1(CNC(=O)c2cc(N)cc(Cl)c2Cl)CC1. The summed E-state index contributed by atoms with van der Waals surface area (Å²) in [5.41, 5.74) is 6.61. The quantitative estimate of drug-likeness (QED) is 0.792. The second-order valence-electron chi connectivity index (χ2n) is 5.29. The van der Waals surface area contributed by atoms with Gasteiger partial charge in [-0.2, -0.15) is 0 Å². The van der Waals surface area contributed by atoms with E-state index in [9.17, 15) is 4.79 Å². The third kappa shape index (κ3) is 3.57. The number of methoxy groups -OCH3 is 1. The fourth-order valence-corrected chi connectivity index (χ4v) is 2.57. The number of ether oxygens (including phenoxy) is 1. The van der Waals surface area contributed by atoms with Crippen molar-refractivity contribution in [3.63, 3.8) is 0 Å². The van der Waals surface area contributed by atoms with Crippen LogP contribution in [0.5, 0.6) is 0 Å². The van der Waals surface area contributed by atoms with E-state index in [0.29, 0.717) is 24.4 Å². The fourth-order valence-electron chi connectivity index (χ4n) is 2.15. The van der Waals surface area contributed by atoms with Gasteiger partial charge in [0.2, 0.25) is 0 Å². The van der Waals surface area contributed by atoms with Crippen LogP contribution in [0.25, 0.3) is 0 Å². The van der Waals surface area contributed by atoms with Crippen LogP contribution in [0, 0.1) is 5.41 Å². The van der Waals surface area contributed by atoms with Gasteiger partial charge >= 0.3 is 0 Å². The third-order valence-electron chi connectivity index (χ3n) is 3.71.